The lowest BCUT2D eigenvalue weighted by molar-refractivity contribution is 0.112. The monoisotopic (exact) mass is 282 g/mol. The third-order valence-electron chi connectivity index (χ3n) is 3.09. The summed E-state index contributed by atoms with van der Waals surface area (Å²) in [6, 6.07) is 16.1. The molecule has 100 valence electrons. The van der Waals surface area contributed by atoms with Crippen LogP contribution in [0.4, 0.5) is 0 Å². The van der Waals surface area contributed by atoms with Crippen LogP contribution >= 0.6 is 11.3 Å². The van der Waals surface area contributed by atoms with Crippen LogP contribution in [0.5, 0.6) is 5.75 Å². The second-order valence-corrected chi connectivity index (χ2v) is 5.57. The van der Waals surface area contributed by atoms with E-state index in [0.717, 1.165) is 22.5 Å². The number of carbonyl (C=O) groups is 1. The summed E-state index contributed by atoms with van der Waals surface area (Å²) in [5.41, 5.74) is 1.67. The molecule has 0 saturated carbocycles. The predicted octanol–water partition coefficient (Wildman–Crippen LogP) is 4.78. The van der Waals surface area contributed by atoms with Gasteiger partial charge < -0.3 is 4.74 Å². The largest absolute Gasteiger partial charge is 0.494 e. The van der Waals surface area contributed by atoms with Crippen LogP contribution in [0.2, 0.25) is 0 Å². The number of ether oxygens (including phenoxy) is 1. The van der Waals surface area contributed by atoms with E-state index in [1.165, 1.54) is 10.1 Å². The lowest BCUT2D eigenvalue weighted by Crippen LogP contribution is -1.93. The first-order chi connectivity index (χ1) is 9.80. The molecule has 1 heterocycles. The Kier molecular flexibility index (Phi) is 3.52. The van der Waals surface area contributed by atoms with E-state index in [-0.39, 0.29) is 0 Å². The number of hydrogen-bond donors (Lipinski definition) is 0. The number of fused-ring (bicyclic) bond motifs is 1. The molecule has 0 unspecified atom stereocenters. The van der Waals surface area contributed by atoms with Gasteiger partial charge in [-0.15, -0.1) is 11.3 Å². The smallest absolute Gasteiger partial charge is 0.150 e. The van der Waals surface area contributed by atoms with Crippen molar-refractivity contribution in [2.75, 3.05) is 6.61 Å². The number of rotatable bonds is 4. The summed E-state index contributed by atoms with van der Waals surface area (Å²) in [5.74, 6) is 0.740. The second kappa shape index (κ2) is 5.47. The third kappa shape index (κ3) is 2.45. The maximum absolute atomic E-state index is 11.1. The van der Waals surface area contributed by atoms with Crippen molar-refractivity contribution in [1.82, 2.24) is 0 Å². The molecule has 2 nitrogen and oxygen atoms in total. The fraction of sp³-hybridized carbons (Fsp3) is 0.118. The van der Waals surface area contributed by atoms with Crippen LogP contribution in [0.25, 0.3) is 20.5 Å². The van der Waals surface area contributed by atoms with Crippen LogP contribution < -0.4 is 4.74 Å². The van der Waals surface area contributed by atoms with Crippen molar-refractivity contribution >= 4 is 27.7 Å². The summed E-state index contributed by atoms with van der Waals surface area (Å²) in [4.78, 5) is 12.2. The molecule has 0 radical (unpaired) electrons. The molecule has 0 amide bonds. The molecule has 0 fully saturated rings. The van der Waals surface area contributed by atoms with E-state index in [0.29, 0.717) is 12.2 Å². The van der Waals surface area contributed by atoms with Crippen LogP contribution in [0.15, 0.2) is 48.5 Å². The third-order valence-corrected chi connectivity index (χ3v) is 4.25. The van der Waals surface area contributed by atoms with E-state index in [9.17, 15) is 4.79 Å². The minimum Gasteiger partial charge on any atom is -0.494 e. The maximum atomic E-state index is 11.1. The molecule has 20 heavy (non-hydrogen) atoms. The van der Waals surface area contributed by atoms with Crippen LogP contribution in [-0.2, 0) is 0 Å². The Morgan fingerprint density at radius 2 is 2.00 bits per heavy atom. The molecule has 1 aromatic heterocycles. The van der Waals surface area contributed by atoms with Crippen molar-refractivity contribution in [3.63, 3.8) is 0 Å². The highest BCUT2D eigenvalue weighted by Crippen LogP contribution is 2.35. The van der Waals surface area contributed by atoms with Crippen molar-refractivity contribution in [3.8, 4) is 16.2 Å². The average Bonchev–Trinajstić information content (AvgIpc) is 2.91. The normalized spacial score (nSPS) is 10.7. The van der Waals surface area contributed by atoms with Crippen LogP contribution in [0.1, 0.15) is 17.3 Å². The van der Waals surface area contributed by atoms with E-state index in [1.807, 2.05) is 31.2 Å². The summed E-state index contributed by atoms with van der Waals surface area (Å²) < 4.78 is 6.78. The van der Waals surface area contributed by atoms with Gasteiger partial charge in [-0.2, -0.15) is 0 Å². The summed E-state index contributed by atoms with van der Waals surface area (Å²) in [6.45, 7) is 2.53. The molecule has 3 heteroatoms. The van der Waals surface area contributed by atoms with Crippen molar-refractivity contribution in [3.05, 3.63) is 54.1 Å². The molecule has 0 bridgehead atoms. The summed E-state index contributed by atoms with van der Waals surface area (Å²) in [6.07, 6.45) is 0.860. The minimum absolute atomic E-state index is 0.591. The fourth-order valence-electron chi connectivity index (χ4n) is 2.21. The number of thiophene rings is 1. The lowest BCUT2D eigenvalue weighted by Gasteiger charge is -2.06. The van der Waals surface area contributed by atoms with E-state index < -0.39 is 0 Å². The van der Waals surface area contributed by atoms with Gasteiger partial charge >= 0.3 is 0 Å². The van der Waals surface area contributed by atoms with Gasteiger partial charge in [-0.3, -0.25) is 4.79 Å². The molecule has 0 spiro atoms. The Bertz CT molecular complexity index is 726. The topological polar surface area (TPSA) is 26.3 Å². The molecule has 0 N–H and O–H groups in total. The zero-order valence-corrected chi connectivity index (χ0v) is 11.9. The number of benzene rings is 2. The molecular weight excluding hydrogens is 268 g/mol. The SMILES string of the molecule is CCOc1cc(C=O)cc(-c2cc3ccccc3s2)c1. The molecular formula is C17H14O2S. The first-order valence-electron chi connectivity index (χ1n) is 6.52. The van der Waals surface area contributed by atoms with Crippen molar-refractivity contribution in [1.29, 1.82) is 0 Å². The van der Waals surface area contributed by atoms with Gasteiger partial charge in [-0.05, 0) is 48.2 Å². The zero-order chi connectivity index (χ0) is 13.9. The van der Waals surface area contributed by atoms with Gasteiger partial charge in [0, 0.05) is 15.1 Å². The summed E-state index contributed by atoms with van der Waals surface area (Å²) in [7, 11) is 0. The highest BCUT2D eigenvalue weighted by Gasteiger charge is 2.07. The molecule has 0 atom stereocenters. The van der Waals surface area contributed by atoms with Gasteiger partial charge in [0.15, 0.2) is 0 Å². The Hall–Kier alpha value is -2.13. The minimum atomic E-state index is 0.591. The summed E-state index contributed by atoms with van der Waals surface area (Å²) >= 11 is 1.72. The molecule has 0 aliphatic carbocycles. The van der Waals surface area contributed by atoms with E-state index in [1.54, 1.807) is 17.4 Å². The van der Waals surface area contributed by atoms with Crippen LogP contribution in [0, 0.1) is 0 Å². The van der Waals surface area contributed by atoms with Crippen molar-refractivity contribution in [2.24, 2.45) is 0 Å². The van der Waals surface area contributed by atoms with Crippen LogP contribution in [-0.4, -0.2) is 12.9 Å². The molecule has 0 aliphatic heterocycles. The van der Waals surface area contributed by atoms with Gasteiger partial charge in [0.2, 0.25) is 0 Å². The Morgan fingerprint density at radius 1 is 1.15 bits per heavy atom. The maximum Gasteiger partial charge on any atom is 0.150 e. The van der Waals surface area contributed by atoms with Gasteiger partial charge in [-0.25, -0.2) is 0 Å². The zero-order valence-electron chi connectivity index (χ0n) is 11.1. The number of hydrogen-bond acceptors (Lipinski definition) is 3. The number of carbonyl (C=O) groups excluding carboxylic acids is 1. The van der Waals surface area contributed by atoms with Gasteiger partial charge in [0.25, 0.3) is 0 Å². The highest BCUT2D eigenvalue weighted by molar-refractivity contribution is 7.22. The Morgan fingerprint density at radius 3 is 2.75 bits per heavy atom. The first kappa shape index (κ1) is 12.9. The molecule has 0 saturated heterocycles. The van der Waals surface area contributed by atoms with E-state index in [4.69, 9.17) is 4.74 Å². The first-order valence-corrected chi connectivity index (χ1v) is 7.34. The van der Waals surface area contributed by atoms with Crippen molar-refractivity contribution in [2.45, 2.75) is 6.92 Å². The second-order valence-electron chi connectivity index (χ2n) is 4.49. The van der Waals surface area contributed by atoms with E-state index >= 15 is 0 Å². The van der Waals surface area contributed by atoms with Crippen LogP contribution in [0.3, 0.4) is 0 Å². The Balaban J connectivity index is 2.12. The van der Waals surface area contributed by atoms with Crippen molar-refractivity contribution < 1.29 is 9.53 Å². The molecule has 0 aliphatic rings. The highest BCUT2D eigenvalue weighted by atomic mass is 32.1. The molecule has 2 aromatic carbocycles. The lowest BCUT2D eigenvalue weighted by atomic mass is 10.1. The van der Waals surface area contributed by atoms with Gasteiger partial charge in [-0.1, -0.05) is 18.2 Å². The molecule has 3 rings (SSSR count). The standard InChI is InChI=1S/C17H14O2S/c1-2-19-15-8-12(11-18)7-14(9-15)17-10-13-5-3-4-6-16(13)20-17/h3-11H,2H2,1H3. The average molecular weight is 282 g/mol. The quantitative estimate of drug-likeness (QED) is 0.644. The predicted molar refractivity (Wildman–Crippen MR) is 83.8 cm³/mol. The Labute approximate surface area is 121 Å². The van der Waals surface area contributed by atoms with Gasteiger partial charge in [0.1, 0.15) is 12.0 Å². The fourth-order valence-corrected chi connectivity index (χ4v) is 3.26. The molecule has 3 aromatic rings. The number of aldehydes is 1. The summed E-state index contributed by atoms with van der Waals surface area (Å²) in [5, 5.41) is 1.22. The van der Waals surface area contributed by atoms with Gasteiger partial charge in [0.05, 0.1) is 6.61 Å². The van der Waals surface area contributed by atoms with E-state index in [2.05, 4.69) is 18.2 Å².